The summed E-state index contributed by atoms with van der Waals surface area (Å²) in [5, 5.41) is 2.52. The lowest BCUT2D eigenvalue weighted by Gasteiger charge is -2.19. The summed E-state index contributed by atoms with van der Waals surface area (Å²) in [5.41, 5.74) is 0.757. The van der Waals surface area contributed by atoms with Crippen LogP contribution < -0.4 is 10.2 Å². The molecule has 2 rings (SSSR count). The van der Waals surface area contributed by atoms with Gasteiger partial charge in [0, 0.05) is 14.0 Å². The fourth-order valence-corrected chi connectivity index (χ4v) is 2.08. The van der Waals surface area contributed by atoms with E-state index in [0.717, 1.165) is 6.07 Å². The summed E-state index contributed by atoms with van der Waals surface area (Å²) in [6.45, 7) is 1.36. The zero-order valence-electron chi connectivity index (χ0n) is 12.8. The molecule has 0 bridgehead atoms. The van der Waals surface area contributed by atoms with Gasteiger partial charge in [0.1, 0.15) is 11.6 Å². The first-order chi connectivity index (χ1) is 10.9. The molecule has 1 N–H and O–H groups in total. The van der Waals surface area contributed by atoms with Gasteiger partial charge in [-0.05, 0) is 29.8 Å². The number of rotatable bonds is 4. The van der Waals surface area contributed by atoms with Gasteiger partial charge in [-0.1, -0.05) is 18.2 Å². The standard InChI is InChI=1S/C17H16F2N2O2/c1-11(22)21(2)16-8-7-13(18)10-15(16)20-17(23)9-12-5-3-4-6-14(12)19/h3-8,10H,9H2,1-2H3,(H,20,23). The van der Waals surface area contributed by atoms with Crippen molar-refractivity contribution in [1.29, 1.82) is 0 Å². The molecule has 0 saturated heterocycles. The molecule has 120 valence electrons. The summed E-state index contributed by atoms with van der Waals surface area (Å²) >= 11 is 0. The first kappa shape index (κ1) is 16.6. The number of anilines is 2. The van der Waals surface area contributed by atoms with E-state index in [-0.39, 0.29) is 23.6 Å². The molecule has 23 heavy (non-hydrogen) atoms. The lowest BCUT2D eigenvalue weighted by Crippen LogP contribution is -2.25. The van der Waals surface area contributed by atoms with E-state index in [2.05, 4.69) is 5.32 Å². The minimum absolute atomic E-state index is 0.157. The quantitative estimate of drug-likeness (QED) is 0.941. The molecule has 0 radical (unpaired) electrons. The fourth-order valence-electron chi connectivity index (χ4n) is 2.08. The van der Waals surface area contributed by atoms with Gasteiger partial charge in [0.2, 0.25) is 11.8 Å². The van der Waals surface area contributed by atoms with E-state index >= 15 is 0 Å². The number of carbonyl (C=O) groups excluding carboxylic acids is 2. The number of hydrogen-bond donors (Lipinski definition) is 1. The molecule has 0 spiro atoms. The molecule has 2 aromatic carbocycles. The Morgan fingerprint density at radius 3 is 2.48 bits per heavy atom. The largest absolute Gasteiger partial charge is 0.324 e. The summed E-state index contributed by atoms with van der Waals surface area (Å²) in [7, 11) is 1.52. The van der Waals surface area contributed by atoms with E-state index < -0.39 is 17.5 Å². The van der Waals surface area contributed by atoms with Crippen molar-refractivity contribution in [2.24, 2.45) is 0 Å². The molecular formula is C17H16F2N2O2. The maximum atomic E-state index is 13.6. The van der Waals surface area contributed by atoms with Crippen LogP contribution in [0.1, 0.15) is 12.5 Å². The highest BCUT2D eigenvalue weighted by molar-refractivity contribution is 6.00. The topological polar surface area (TPSA) is 49.4 Å². The maximum Gasteiger partial charge on any atom is 0.228 e. The third-order valence-corrected chi connectivity index (χ3v) is 3.38. The number of hydrogen-bond acceptors (Lipinski definition) is 2. The predicted molar refractivity (Wildman–Crippen MR) is 84.2 cm³/mol. The molecule has 0 heterocycles. The van der Waals surface area contributed by atoms with Crippen LogP contribution in [-0.2, 0) is 16.0 Å². The van der Waals surface area contributed by atoms with Crippen LogP contribution in [0.15, 0.2) is 42.5 Å². The van der Waals surface area contributed by atoms with Crippen molar-refractivity contribution in [2.45, 2.75) is 13.3 Å². The molecule has 6 heteroatoms. The summed E-state index contributed by atoms with van der Waals surface area (Å²) in [4.78, 5) is 24.8. The SMILES string of the molecule is CC(=O)N(C)c1ccc(F)cc1NC(=O)Cc1ccccc1F. The Labute approximate surface area is 132 Å². The van der Waals surface area contributed by atoms with Crippen molar-refractivity contribution >= 4 is 23.2 Å². The van der Waals surface area contributed by atoms with E-state index in [1.165, 1.54) is 49.2 Å². The second-order valence-corrected chi connectivity index (χ2v) is 5.06. The van der Waals surface area contributed by atoms with Gasteiger partial charge in [-0.15, -0.1) is 0 Å². The van der Waals surface area contributed by atoms with Crippen molar-refractivity contribution in [3.63, 3.8) is 0 Å². The molecule has 0 aromatic heterocycles. The highest BCUT2D eigenvalue weighted by Crippen LogP contribution is 2.26. The van der Waals surface area contributed by atoms with Crippen molar-refractivity contribution in [2.75, 3.05) is 17.3 Å². The molecule has 0 saturated carbocycles. The zero-order chi connectivity index (χ0) is 17.0. The predicted octanol–water partition coefficient (Wildman–Crippen LogP) is 3.13. The highest BCUT2D eigenvalue weighted by atomic mass is 19.1. The van der Waals surface area contributed by atoms with E-state index in [0.29, 0.717) is 5.69 Å². The van der Waals surface area contributed by atoms with Crippen LogP contribution in [0.4, 0.5) is 20.2 Å². The van der Waals surface area contributed by atoms with Gasteiger partial charge in [-0.2, -0.15) is 0 Å². The lowest BCUT2D eigenvalue weighted by molar-refractivity contribution is -0.117. The van der Waals surface area contributed by atoms with Gasteiger partial charge in [-0.3, -0.25) is 9.59 Å². The van der Waals surface area contributed by atoms with Crippen LogP contribution >= 0.6 is 0 Å². The molecule has 2 amide bonds. The van der Waals surface area contributed by atoms with Crippen LogP contribution in [0.25, 0.3) is 0 Å². The van der Waals surface area contributed by atoms with Gasteiger partial charge < -0.3 is 10.2 Å². The smallest absolute Gasteiger partial charge is 0.228 e. The Bertz CT molecular complexity index is 747. The first-order valence-electron chi connectivity index (χ1n) is 6.95. The minimum Gasteiger partial charge on any atom is -0.324 e. The van der Waals surface area contributed by atoms with Crippen LogP contribution in [0, 0.1) is 11.6 Å². The van der Waals surface area contributed by atoms with Gasteiger partial charge in [0.15, 0.2) is 0 Å². The minimum atomic E-state index is -0.549. The van der Waals surface area contributed by atoms with Crippen molar-refractivity contribution in [3.05, 3.63) is 59.7 Å². The Hall–Kier alpha value is -2.76. The Morgan fingerprint density at radius 1 is 1.13 bits per heavy atom. The number of nitrogens with zero attached hydrogens (tertiary/aromatic N) is 1. The molecule has 0 aliphatic heterocycles. The van der Waals surface area contributed by atoms with E-state index in [4.69, 9.17) is 0 Å². The molecule has 0 unspecified atom stereocenters. The van der Waals surface area contributed by atoms with E-state index in [1.54, 1.807) is 6.07 Å². The number of nitrogens with one attached hydrogen (secondary N) is 1. The third-order valence-electron chi connectivity index (χ3n) is 3.38. The monoisotopic (exact) mass is 318 g/mol. The Balaban J connectivity index is 2.22. The average Bonchev–Trinajstić information content (AvgIpc) is 2.49. The molecular weight excluding hydrogens is 302 g/mol. The Kier molecular flexibility index (Phi) is 5.05. The average molecular weight is 318 g/mol. The summed E-state index contributed by atoms with van der Waals surface area (Å²) in [5.74, 6) is -1.80. The van der Waals surface area contributed by atoms with Gasteiger partial charge in [0.25, 0.3) is 0 Å². The van der Waals surface area contributed by atoms with Crippen LogP contribution in [0.2, 0.25) is 0 Å². The van der Waals surface area contributed by atoms with Gasteiger partial charge in [-0.25, -0.2) is 8.78 Å². The maximum absolute atomic E-state index is 13.6. The number of halogens is 2. The van der Waals surface area contributed by atoms with Crippen molar-refractivity contribution in [3.8, 4) is 0 Å². The summed E-state index contributed by atoms with van der Waals surface area (Å²) in [6.07, 6.45) is -0.188. The van der Waals surface area contributed by atoms with Crippen molar-refractivity contribution < 1.29 is 18.4 Å². The molecule has 0 atom stereocenters. The summed E-state index contributed by atoms with van der Waals surface area (Å²) in [6, 6.07) is 9.64. The zero-order valence-corrected chi connectivity index (χ0v) is 12.8. The van der Waals surface area contributed by atoms with Crippen LogP contribution in [0.3, 0.4) is 0 Å². The summed E-state index contributed by atoms with van der Waals surface area (Å²) < 4.78 is 27.0. The molecule has 0 aliphatic carbocycles. The van der Waals surface area contributed by atoms with E-state index in [1.807, 2.05) is 0 Å². The van der Waals surface area contributed by atoms with Gasteiger partial charge in [0.05, 0.1) is 17.8 Å². The molecule has 4 nitrogen and oxygen atoms in total. The number of carbonyl (C=O) groups is 2. The highest BCUT2D eigenvalue weighted by Gasteiger charge is 2.15. The van der Waals surface area contributed by atoms with Crippen LogP contribution in [-0.4, -0.2) is 18.9 Å². The van der Waals surface area contributed by atoms with Crippen molar-refractivity contribution in [1.82, 2.24) is 0 Å². The van der Waals surface area contributed by atoms with Gasteiger partial charge >= 0.3 is 0 Å². The fraction of sp³-hybridized carbons (Fsp3) is 0.176. The molecule has 0 fully saturated rings. The van der Waals surface area contributed by atoms with E-state index in [9.17, 15) is 18.4 Å². The first-order valence-corrected chi connectivity index (χ1v) is 6.95. The van der Waals surface area contributed by atoms with Crippen LogP contribution in [0.5, 0.6) is 0 Å². The normalized spacial score (nSPS) is 10.3. The third kappa shape index (κ3) is 4.12. The molecule has 2 aromatic rings. The second-order valence-electron chi connectivity index (χ2n) is 5.06. The molecule has 0 aliphatic rings. The lowest BCUT2D eigenvalue weighted by atomic mass is 10.1. The second kappa shape index (κ2) is 7.00. The Morgan fingerprint density at radius 2 is 1.83 bits per heavy atom. The number of benzene rings is 2. The number of amides is 2.